The molecule has 2 amide bonds. The van der Waals surface area contributed by atoms with Crippen LogP contribution in [0.15, 0.2) is 42.5 Å². The van der Waals surface area contributed by atoms with Gasteiger partial charge in [0.25, 0.3) is 17.5 Å². The van der Waals surface area contributed by atoms with Gasteiger partial charge in [-0.1, -0.05) is 0 Å². The number of amides is 2. The molecule has 1 saturated heterocycles. The molecule has 0 spiro atoms. The quantitative estimate of drug-likeness (QED) is 0.372. The summed E-state index contributed by atoms with van der Waals surface area (Å²) in [6, 6.07) is 8.88. The zero-order chi connectivity index (χ0) is 24.8. The van der Waals surface area contributed by atoms with Gasteiger partial charge >= 0.3 is 5.97 Å². The molecule has 0 saturated carbocycles. The van der Waals surface area contributed by atoms with Gasteiger partial charge in [-0.25, -0.2) is 4.39 Å². The minimum absolute atomic E-state index is 0.0679. The number of carbonyl (C=O) groups excluding carboxylic acids is 3. The predicted molar refractivity (Wildman–Crippen MR) is 119 cm³/mol. The third-order valence-corrected chi connectivity index (χ3v) is 5.45. The summed E-state index contributed by atoms with van der Waals surface area (Å²) < 4.78 is 23.5. The highest BCUT2D eigenvalue weighted by atomic mass is 19.1. The van der Waals surface area contributed by atoms with Crippen LogP contribution >= 0.6 is 0 Å². The summed E-state index contributed by atoms with van der Waals surface area (Å²) in [5.41, 5.74) is 0.140. The van der Waals surface area contributed by atoms with E-state index < -0.39 is 34.6 Å². The fourth-order valence-electron chi connectivity index (χ4n) is 3.59. The molecule has 1 aliphatic heterocycles. The molecule has 2 unspecified atom stereocenters. The number of piperidine rings is 1. The Hall–Kier alpha value is -4.02. The summed E-state index contributed by atoms with van der Waals surface area (Å²) >= 11 is 0. The zero-order valence-corrected chi connectivity index (χ0v) is 18.7. The largest absolute Gasteiger partial charge is 0.495 e. The van der Waals surface area contributed by atoms with Crippen LogP contribution in [-0.2, 0) is 14.3 Å². The molecular formula is C23H24FN3O7. The van der Waals surface area contributed by atoms with Crippen molar-refractivity contribution in [2.45, 2.75) is 25.9 Å². The molecule has 11 heteroatoms. The lowest BCUT2D eigenvalue weighted by atomic mass is 9.97. The number of ether oxygens (including phenoxy) is 2. The molecule has 10 nitrogen and oxygen atoms in total. The summed E-state index contributed by atoms with van der Waals surface area (Å²) in [6.45, 7) is 1.94. The van der Waals surface area contributed by atoms with E-state index in [4.69, 9.17) is 9.47 Å². The van der Waals surface area contributed by atoms with E-state index >= 15 is 0 Å². The van der Waals surface area contributed by atoms with E-state index in [2.05, 4.69) is 5.32 Å². The molecule has 0 aromatic heterocycles. The van der Waals surface area contributed by atoms with E-state index in [1.165, 1.54) is 55.3 Å². The highest BCUT2D eigenvalue weighted by Gasteiger charge is 2.32. The molecule has 1 fully saturated rings. The topological polar surface area (TPSA) is 128 Å². The van der Waals surface area contributed by atoms with E-state index in [-0.39, 0.29) is 29.6 Å². The van der Waals surface area contributed by atoms with Crippen LogP contribution in [0.1, 0.15) is 30.1 Å². The first-order valence-electron chi connectivity index (χ1n) is 10.6. The van der Waals surface area contributed by atoms with Gasteiger partial charge in [-0.15, -0.1) is 0 Å². The van der Waals surface area contributed by atoms with Gasteiger partial charge < -0.3 is 19.7 Å². The number of likely N-dealkylation sites (tertiary alicyclic amines) is 1. The Bertz CT molecular complexity index is 1090. The number of hydrogen-bond donors (Lipinski definition) is 1. The Morgan fingerprint density at radius 3 is 2.56 bits per heavy atom. The Kier molecular flexibility index (Phi) is 7.77. The number of benzene rings is 2. The van der Waals surface area contributed by atoms with Crippen molar-refractivity contribution in [2.24, 2.45) is 5.92 Å². The van der Waals surface area contributed by atoms with Crippen molar-refractivity contribution in [1.29, 1.82) is 0 Å². The molecule has 2 atom stereocenters. The minimum atomic E-state index is -1.19. The summed E-state index contributed by atoms with van der Waals surface area (Å²) in [7, 11) is 1.35. The first-order chi connectivity index (χ1) is 16.2. The molecule has 0 radical (unpaired) electrons. The second-order valence-electron chi connectivity index (χ2n) is 7.81. The molecule has 2 aromatic rings. The maximum atomic E-state index is 13.1. The summed E-state index contributed by atoms with van der Waals surface area (Å²) in [5, 5.41) is 13.5. The van der Waals surface area contributed by atoms with E-state index in [9.17, 15) is 28.9 Å². The van der Waals surface area contributed by atoms with Crippen LogP contribution in [0.25, 0.3) is 0 Å². The van der Waals surface area contributed by atoms with Crippen LogP contribution in [-0.4, -0.2) is 53.9 Å². The first kappa shape index (κ1) is 24.6. The maximum Gasteiger partial charge on any atom is 0.311 e. The number of nitro groups is 1. The highest BCUT2D eigenvalue weighted by Crippen LogP contribution is 2.29. The van der Waals surface area contributed by atoms with Crippen molar-refractivity contribution in [1.82, 2.24) is 4.90 Å². The highest BCUT2D eigenvalue weighted by molar-refractivity contribution is 5.97. The predicted octanol–water partition coefficient (Wildman–Crippen LogP) is 3.17. The van der Waals surface area contributed by atoms with Gasteiger partial charge in [0, 0.05) is 30.8 Å². The van der Waals surface area contributed by atoms with Gasteiger partial charge in [0.1, 0.15) is 11.6 Å². The third kappa shape index (κ3) is 5.85. The second-order valence-corrected chi connectivity index (χ2v) is 7.81. The molecule has 0 aliphatic carbocycles. The fourth-order valence-corrected chi connectivity index (χ4v) is 3.59. The Balaban J connectivity index is 1.61. The van der Waals surface area contributed by atoms with Gasteiger partial charge in [-0.3, -0.25) is 24.5 Å². The van der Waals surface area contributed by atoms with Crippen LogP contribution in [0.5, 0.6) is 5.75 Å². The monoisotopic (exact) mass is 473 g/mol. The van der Waals surface area contributed by atoms with Crippen molar-refractivity contribution in [3.8, 4) is 5.75 Å². The normalized spacial score (nSPS) is 16.3. The number of nitro benzene ring substituents is 1. The molecule has 34 heavy (non-hydrogen) atoms. The Labute approximate surface area is 194 Å². The van der Waals surface area contributed by atoms with Gasteiger partial charge in [-0.2, -0.15) is 0 Å². The van der Waals surface area contributed by atoms with Crippen LogP contribution in [0.4, 0.5) is 15.8 Å². The molecule has 1 N–H and O–H groups in total. The number of anilines is 1. The zero-order valence-electron chi connectivity index (χ0n) is 18.7. The SMILES string of the molecule is COc1ccc([N+](=O)[O-])cc1NC(=O)C(C)OC(=O)C1CCCN(C(=O)c2ccc(F)cc2)C1. The van der Waals surface area contributed by atoms with Crippen LogP contribution < -0.4 is 10.1 Å². The molecule has 0 bridgehead atoms. The smallest absolute Gasteiger partial charge is 0.311 e. The van der Waals surface area contributed by atoms with Gasteiger partial charge in [-0.05, 0) is 50.1 Å². The summed E-state index contributed by atoms with van der Waals surface area (Å²) in [4.78, 5) is 49.8. The molecule has 180 valence electrons. The third-order valence-electron chi connectivity index (χ3n) is 5.45. The average Bonchev–Trinajstić information content (AvgIpc) is 2.83. The van der Waals surface area contributed by atoms with Gasteiger partial charge in [0.05, 0.1) is 23.6 Å². The molecule has 3 rings (SSSR count). The van der Waals surface area contributed by atoms with Crippen molar-refractivity contribution in [3.05, 3.63) is 64.0 Å². The van der Waals surface area contributed by atoms with Crippen LogP contribution in [0.2, 0.25) is 0 Å². The van der Waals surface area contributed by atoms with Crippen molar-refractivity contribution < 1.29 is 33.2 Å². The van der Waals surface area contributed by atoms with Crippen LogP contribution in [0, 0.1) is 21.8 Å². The number of esters is 1. The number of hydrogen-bond acceptors (Lipinski definition) is 7. The molecule has 1 aliphatic rings. The Morgan fingerprint density at radius 2 is 1.91 bits per heavy atom. The minimum Gasteiger partial charge on any atom is -0.495 e. The number of nitrogens with zero attached hydrogens (tertiary/aromatic N) is 2. The first-order valence-corrected chi connectivity index (χ1v) is 10.6. The fraction of sp³-hybridized carbons (Fsp3) is 0.348. The van der Waals surface area contributed by atoms with Gasteiger partial charge in [0.2, 0.25) is 0 Å². The van der Waals surface area contributed by atoms with Crippen molar-refractivity contribution in [2.75, 3.05) is 25.5 Å². The number of nitrogens with one attached hydrogen (secondary N) is 1. The lowest BCUT2D eigenvalue weighted by Crippen LogP contribution is -2.44. The van der Waals surface area contributed by atoms with Gasteiger partial charge in [0.15, 0.2) is 6.10 Å². The molecule has 2 aromatic carbocycles. The standard InChI is InChI=1S/C23H24FN3O7/c1-14(21(28)25-19-12-18(27(31)32)9-10-20(19)33-2)34-23(30)16-4-3-11-26(13-16)22(29)15-5-7-17(24)8-6-15/h5-10,12,14,16H,3-4,11,13H2,1-2H3,(H,25,28). The van der Waals surface area contributed by atoms with E-state index in [0.29, 0.717) is 24.9 Å². The summed E-state index contributed by atoms with van der Waals surface area (Å²) in [5.74, 6) is -2.51. The summed E-state index contributed by atoms with van der Waals surface area (Å²) in [6.07, 6.45) is -0.142. The maximum absolute atomic E-state index is 13.1. The Morgan fingerprint density at radius 1 is 1.21 bits per heavy atom. The average molecular weight is 473 g/mol. The lowest BCUT2D eigenvalue weighted by Gasteiger charge is -2.32. The lowest BCUT2D eigenvalue weighted by molar-refractivity contribution is -0.384. The number of rotatable bonds is 7. The molecular weight excluding hydrogens is 449 g/mol. The number of halogens is 1. The van der Waals surface area contributed by atoms with Crippen molar-refractivity contribution in [3.63, 3.8) is 0 Å². The van der Waals surface area contributed by atoms with E-state index in [1.807, 2.05) is 0 Å². The number of methoxy groups -OCH3 is 1. The second kappa shape index (κ2) is 10.7. The van der Waals surface area contributed by atoms with Crippen LogP contribution in [0.3, 0.4) is 0 Å². The molecule has 1 heterocycles. The van der Waals surface area contributed by atoms with E-state index in [1.54, 1.807) is 0 Å². The number of non-ortho nitro benzene ring substituents is 1. The van der Waals surface area contributed by atoms with E-state index in [0.717, 1.165) is 6.07 Å². The number of carbonyl (C=O) groups is 3. The van der Waals surface area contributed by atoms with Crippen molar-refractivity contribution >= 4 is 29.2 Å².